The molecule has 1 aliphatic heterocycles. The van der Waals surface area contributed by atoms with E-state index in [1.807, 2.05) is 26.0 Å². The number of aromatic nitrogens is 3. The molecule has 0 saturated heterocycles. The number of aryl methyl sites for hydroxylation is 1. The molecule has 0 radical (unpaired) electrons. The van der Waals surface area contributed by atoms with Crippen molar-refractivity contribution < 1.29 is 18.7 Å². The molecule has 4 rings (SSSR count). The summed E-state index contributed by atoms with van der Waals surface area (Å²) >= 11 is 0. The predicted molar refractivity (Wildman–Crippen MR) is 109 cm³/mol. The Kier molecular flexibility index (Phi) is 5.29. The second-order valence-electron chi connectivity index (χ2n) is 6.62. The van der Waals surface area contributed by atoms with E-state index in [2.05, 4.69) is 30.9 Å². The van der Waals surface area contributed by atoms with E-state index in [1.54, 1.807) is 18.2 Å². The molecule has 0 bridgehead atoms. The number of Topliss-reactive ketones (excluding diaryl/α,β-unsaturated/α-hetero) is 1. The molecule has 10 heteroatoms. The quantitative estimate of drug-likeness (QED) is 0.505. The van der Waals surface area contributed by atoms with Crippen molar-refractivity contribution in [3.05, 3.63) is 47.4 Å². The molecule has 3 N–H and O–H groups in total. The molecular formula is C20H20N6O4. The Bertz CT molecular complexity index is 1110. The first kappa shape index (κ1) is 19.4. The first-order valence-corrected chi connectivity index (χ1v) is 9.42. The molecule has 10 nitrogen and oxygen atoms in total. The van der Waals surface area contributed by atoms with Crippen molar-refractivity contribution in [1.29, 1.82) is 0 Å². The van der Waals surface area contributed by atoms with Crippen molar-refractivity contribution in [3.63, 3.8) is 0 Å². The Hall–Kier alpha value is -3.95. The van der Waals surface area contributed by atoms with Gasteiger partial charge in [-0.15, -0.1) is 0 Å². The van der Waals surface area contributed by atoms with E-state index >= 15 is 0 Å². The second-order valence-corrected chi connectivity index (χ2v) is 6.62. The van der Waals surface area contributed by atoms with Crippen LogP contribution in [0.25, 0.3) is 0 Å². The lowest BCUT2D eigenvalue weighted by atomic mass is 10.0. The summed E-state index contributed by atoms with van der Waals surface area (Å²) in [6.45, 7) is 4.52. The van der Waals surface area contributed by atoms with Gasteiger partial charge in [0.1, 0.15) is 11.5 Å². The van der Waals surface area contributed by atoms with E-state index in [4.69, 9.17) is 9.15 Å². The van der Waals surface area contributed by atoms with Crippen LogP contribution in [0.4, 0.5) is 23.3 Å². The maximum atomic E-state index is 11.6. The fourth-order valence-electron chi connectivity index (χ4n) is 2.93. The van der Waals surface area contributed by atoms with E-state index in [1.165, 1.54) is 0 Å². The topological polar surface area (TPSA) is 131 Å². The lowest BCUT2D eigenvalue weighted by Gasteiger charge is -2.17. The van der Waals surface area contributed by atoms with Crippen LogP contribution in [-0.4, -0.2) is 33.2 Å². The van der Waals surface area contributed by atoms with Crippen molar-refractivity contribution in [2.45, 2.75) is 26.8 Å². The minimum absolute atomic E-state index is 0.0853. The van der Waals surface area contributed by atoms with Crippen LogP contribution < -0.4 is 20.7 Å². The Labute approximate surface area is 172 Å². The summed E-state index contributed by atoms with van der Waals surface area (Å²) in [5.74, 6) is 1.09. The molecule has 0 saturated carbocycles. The summed E-state index contributed by atoms with van der Waals surface area (Å²) in [5.41, 5.74) is 1.98. The summed E-state index contributed by atoms with van der Waals surface area (Å²) in [4.78, 5) is 36.0. The number of ketones is 1. The van der Waals surface area contributed by atoms with Crippen molar-refractivity contribution in [2.24, 2.45) is 0 Å². The average Bonchev–Trinajstić information content (AvgIpc) is 3.13. The van der Waals surface area contributed by atoms with Gasteiger partial charge in [-0.1, -0.05) is 6.07 Å². The molecule has 1 amide bonds. The summed E-state index contributed by atoms with van der Waals surface area (Å²) in [7, 11) is 0. The lowest BCUT2D eigenvalue weighted by molar-refractivity contribution is -0.134. The number of hydrogen-bond donors (Lipinski definition) is 3. The van der Waals surface area contributed by atoms with Gasteiger partial charge in [-0.3, -0.25) is 9.59 Å². The largest absolute Gasteiger partial charge is 0.465 e. The Morgan fingerprint density at radius 2 is 1.97 bits per heavy atom. The molecule has 0 atom stereocenters. The fourth-order valence-corrected chi connectivity index (χ4v) is 2.93. The highest BCUT2D eigenvalue weighted by molar-refractivity contribution is 6.42. The summed E-state index contributed by atoms with van der Waals surface area (Å²) in [6, 6.07) is 9.21. The number of hydrogen-bond acceptors (Lipinski definition) is 9. The van der Waals surface area contributed by atoms with Gasteiger partial charge >= 0.3 is 6.01 Å². The van der Waals surface area contributed by atoms with Crippen molar-refractivity contribution in [1.82, 2.24) is 15.0 Å². The molecule has 3 aromatic rings. The Balaban J connectivity index is 1.54. The fraction of sp³-hybridized carbons (Fsp3) is 0.250. The molecule has 1 aliphatic rings. The number of ether oxygens (including phenoxy) is 1. The van der Waals surface area contributed by atoms with E-state index in [0.29, 0.717) is 30.5 Å². The maximum Gasteiger partial charge on any atom is 0.323 e. The van der Waals surface area contributed by atoms with E-state index in [0.717, 1.165) is 17.1 Å². The zero-order valence-corrected chi connectivity index (χ0v) is 16.5. The smallest absolute Gasteiger partial charge is 0.323 e. The zero-order chi connectivity index (χ0) is 21.1. The van der Waals surface area contributed by atoms with Gasteiger partial charge in [0.25, 0.3) is 5.91 Å². The van der Waals surface area contributed by atoms with Gasteiger partial charge in [0, 0.05) is 17.8 Å². The van der Waals surface area contributed by atoms with Gasteiger partial charge in [0.05, 0.1) is 13.2 Å². The molecule has 3 heterocycles. The summed E-state index contributed by atoms with van der Waals surface area (Å²) in [5, 5.41) is 8.76. The molecule has 154 valence electrons. The molecule has 30 heavy (non-hydrogen) atoms. The molecule has 0 spiro atoms. The van der Waals surface area contributed by atoms with Gasteiger partial charge in [-0.25, -0.2) is 0 Å². The number of furan rings is 1. The highest BCUT2D eigenvalue weighted by atomic mass is 16.5. The van der Waals surface area contributed by atoms with Crippen LogP contribution in [0.3, 0.4) is 0 Å². The van der Waals surface area contributed by atoms with Crippen LogP contribution >= 0.6 is 0 Å². The number of fused-ring (bicyclic) bond motifs is 1. The lowest BCUT2D eigenvalue weighted by Crippen LogP contribution is -2.29. The third-order valence-corrected chi connectivity index (χ3v) is 4.32. The van der Waals surface area contributed by atoms with Crippen LogP contribution in [0.1, 0.15) is 24.0 Å². The van der Waals surface area contributed by atoms with Gasteiger partial charge in [-0.2, -0.15) is 15.0 Å². The summed E-state index contributed by atoms with van der Waals surface area (Å²) in [6.07, 6.45) is 0.0853. The molecular weight excluding hydrogens is 388 g/mol. The minimum Gasteiger partial charge on any atom is -0.465 e. The number of benzene rings is 1. The molecule has 2 aromatic heterocycles. The second kappa shape index (κ2) is 8.19. The predicted octanol–water partition coefficient (Wildman–Crippen LogP) is 2.59. The molecule has 0 unspecified atom stereocenters. The number of rotatable bonds is 7. The summed E-state index contributed by atoms with van der Waals surface area (Å²) < 4.78 is 11.0. The normalized spacial score (nSPS) is 12.9. The average molecular weight is 408 g/mol. The molecule has 1 aromatic carbocycles. The number of nitrogens with zero attached hydrogens (tertiary/aromatic N) is 3. The minimum atomic E-state index is -0.613. The maximum absolute atomic E-state index is 11.6. The Morgan fingerprint density at radius 3 is 2.73 bits per heavy atom. The highest BCUT2D eigenvalue weighted by Gasteiger charge is 2.23. The Morgan fingerprint density at radius 1 is 1.13 bits per heavy atom. The standard InChI is InChI=1S/C20H20N6O4/c1-3-29-20-25-18(21-10-14-7-4-11(2)30-14)24-19(26-20)22-13-6-5-12-8-16(27)17(28)23-15(12)9-13/h4-7,9H,3,8,10H2,1-2H3,(H,23,28)(H2,21,22,24,25,26). The van der Waals surface area contributed by atoms with Crippen molar-refractivity contribution in [2.75, 3.05) is 22.6 Å². The first-order valence-electron chi connectivity index (χ1n) is 9.42. The number of amides is 1. The van der Waals surface area contributed by atoms with Crippen LogP contribution in [0.2, 0.25) is 0 Å². The zero-order valence-electron chi connectivity index (χ0n) is 16.5. The SMILES string of the molecule is CCOc1nc(NCc2ccc(C)o2)nc(Nc2ccc3c(c2)NC(=O)C(=O)C3)n1. The first-order chi connectivity index (χ1) is 14.5. The van der Waals surface area contributed by atoms with Crippen LogP contribution in [0.5, 0.6) is 6.01 Å². The van der Waals surface area contributed by atoms with Gasteiger partial charge in [0.2, 0.25) is 17.7 Å². The highest BCUT2D eigenvalue weighted by Crippen LogP contribution is 2.26. The van der Waals surface area contributed by atoms with Gasteiger partial charge < -0.3 is 25.1 Å². The monoisotopic (exact) mass is 408 g/mol. The van der Waals surface area contributed by atoms with Crippen LogP contribution in [0, 0.1) is 6.92 Å². The third kappa shape index (κ3) is 4.37. The van der Waals surface area contributed by atoms with Crippen LogP contribution in [0.15, 0.2) is 34.7 Å². The van der Waals surface area contributed by atoms with Crippen LogP contribution in [-0.2, 0) is 22.6 Å². The number of carbonyl (C=O) groups excluding carboxylic acids is 2. The van der Waals surface area contributed by atoms with Crippen molar-refractivity contribution >= 4 is 35.0 Å². The number of anilines is 4. The van der Waals surface area contributed by atoms with E-state index < -0.39 is 11.7 Å². The van der Waals surface area contributed by atoms with Crippen molar-refractivity contribution in [3.8, 4) is 6.01 Å². The molecule has 0 aliphatic carbocycles. The number of carbonyl (C=O) groups is 2. The van der Waals surface area contributed by atoms with E-state index in [9.17, 15) is 9.59 Å². The number of nitrogens with one attached hydrogen (secondary N) is 3. The van der Waals surface area contributed by atoms with Gasteiger partial charge in [-0.05, 0) is 43.7 Å². The van der Waals surface area contributed by atoms with Gasteiger partial charge in [0.15, 0.2) is 0 Å². The third-order valence-electron chi connectivity index (χ3n) is 4.32. The molecule has 0 fully saturated rings. The van der Waals surface area contributed by atoms with E-state index in [-0.39, 0.29) is 18.4 Å².